The number of hydrogen-bond donors (Lipinski definition) is 4. The number of β-amino-alcohol motifs (C(OH)–C–C–N with tert-alkyl or cyclic N) is 1. The molecule has 4 N–H and O–H groups in total. The minimum Gasteiger partial charge on any atom is -0.465 e. The van der Waals surface area contributed by atoms with Crippen molar-refractivity contribution in [3.63, 3.8) is 0 Å². The Morgan fingerprint density at radius 3 is 2.42 bits per heavy atom. The molecule has 0 spiro atoms. The molecular formula is C35H43N3O7. The monoisotopic (exact) mass is 617 g/mol. The first kappa shape index (κ1) is 32.6. The van der Waals surface area contributed by atoms with Gasteiger partial charge in [0.1, 0.15) is 6.54 Å². The first-order valence-corrected chi connectivity index (χ1v) is 15.6. The summed E-state index contributed by atoms with van der Waals surface area (Å²) >= 11 is 0. The minimum atomic E-state index is -0.603. The van der Waals surface area contributed by atoms with Gasteiger partial charge in [-0.2, -0.15) is 0 Å². The molecular weight excluding hydrogens is 574 g/mol. The van der Waals surface area contributed by atoms with Gasteiger partial charge in [-0.1, -0.05) is 67.6 Å². The van der Waals surface area contributed by atoms with E-state index in [9.17, 15) is 19.8 Å². The molecule has 3 aromatic carbocycles. The number of rotatable bonds is 11. The number of aliphatic hydroxyl groups excluding tert-OH is 2. The molecule has 0 aliphatic carbocycles. The molecule has 240 valence electrons. The van der Waals surface area contributed by atoms with Crippen molar-refractivity contribution in [2.24, 2.45) is 5.92 Å². The third-order valence-electron chi connectivity index (χ3n) is 8.38. The third-order valence-corrected chi connectivity index (χ3v) is 8.38. The van der Waals surface area contributed by atoms with Crippen LogP contribution >= 0.6 is 0 Å². The van der Waals surface area contributed by atoms with Crippen molar-refractivity contribution >= 4 is 12.0 Å². The van der Waals surface area contributed by atoms with Gasteiger partial charge in [-0.3, -0.25) is 9.69 Å². The van der Waals surface area contributed by atoms with E-state index in [1.807, 2.05) is 66.7 Å². The number of aliphatic hydroxyl groups is 2. The fourth-order valence-corrected chi connectivity index (χ4v) is 5.90. The topological polar surface area (TPSA) is 130 Å². The maximum atomic E-state index is 12.2. The molecule has 0 radical (unpaired) electrons. The zero-order valence-corrected chi connectivity index (χ0v) is 25.9. The summed E-state index contributed by atoms with van der Waals surface area (Å²) in [4.78, 5) is 25.9. The Labute approximate surface area is 264 Å². The Bertz CT molecular complexity index is 1430. The molecule has 3 aromatic rings. The SMILES string of the molecule is CCOC(=O)CNC(=O)NCc1cccc(-c2cccc([C@H]3O[C@@H](CN4CC[C@H](O)C4)[C@@H](C)[C@@H](c4ccc(CO)cc4)O3)c2)c1. The molecule has 0 saturated carbocycles. The zero-order valence-electron chi connectivity index (χ0n) is 25.9. The Balaban J connectivity index is 1.31. The zero-order chi connectivity index (χ0) is 31.8. The van der Waals surface area contributed by atoms with E-state index in [1.165, 1.54) is 0 Å². The summed E-state index contributed by atoms with van der Waals surface area (Å²) in [6, 6.07) is 23.4. The first-order chi connectivity index (χ1) is 21.8. The standard InChI is InChI=1S/C35H43N3O7/c1-3-43-32(41)19-37-35(42)36-18-25-6-4-7-27(16-25)28-8-5-9-29(17-28)34-44-31(21-38-15-14-30(40)20-38)23(2)33(45-34)26-12-10-24(22-39)11-13-26/h4-13,16-17,23,30-31,33-34,39-40H,3,14-15,18-22H2,1-2H3,(H2,36,37,42)/t23-,30+,31+,33+,34+/m1/s1. The molecule has 0 bridgehead atoms. The fourth-order valence-electron chi connectivity index (χ4n) is 5.90. The Morgan fingerprint density at radius 2 is 1.71 bits per heavy atom. The van der Waals surface area contributed by atoms with Crippen LogP contribution in [0, 0.1) is 5.92 Å². The predicted molar refractivity (Wildman–Crippen MR) is 169 cm³/mol. The lowest BCUT2D eigenvalue weighted by Gasteiger charge is -2.42. The van der Waals surface area contributed by atoms with E-state index in [2.05, 4.69) is 28.5 Å². The van der Waals surface area contributed by atoms with Crippen molar-refractivity contribution < 1.29 is 34.0 Å². The molecule has 2 heterocycles. The van der Waals surface area contributed by atoms with E-state index in [0.29, 0.717) is 19.6 Å². The average molecular weight is 618 g/mol. The van der Waals surface area contributed by atoms with Crippen LogP contribution < -0.4 is 10.6 Å². The number of amides is 2. The lowest BCUT2D eigenvalue weighted by Crippen LogP contribution is -2.44. The second kappa shape index (κ2) is 15.5. The maximum Gasteiger partial charge on any atom is 0.325 e. The molecule has 45 heavy (non-hydrogen) atoms. The highest BCUT2D eigenvalue weighted by Crippen LogP contribution is 2.42. The number of nitrogens with zero attached hydrogens (tertiary/aromatic N) is 1. The van der Waals surface area contributed by atoms with Crippen LogP contribution in [0.15, 0.2) is 72.8 Å². The molecule has 5 atom stereocenters. The summed E-state index contributed by atoms with van der Waals surface area (Å²) in [6.45, 7) is 6.38. The highest BCUT2D eigenvalue weighted by Gasteiger charge is 2.40. The highest BCUT2D eigenvalue weighted by atomic mass is 16.7. The summed E-state index contributed by atoms with van der Waals surface area (Å²) in [7, 11) is 0. The molecule has 10 nitrogen and oxygen atoms in total. The van der Waals surface area contributed by atoms with Gasteiger partial charge in [-0.25, -0.2) is 4.79 Å². The number of hydrogen-bond acceptors (Lipinski definition) is 8. The normalized spacial score (nSPS) is 23.4. The number of carbonyl (C=O) groups excluding carboxylic acids is 2. The van der Waals surface area contributed by atoms with Gasteiger partial charge in [-0.05, 0) is 53.3 Å². The Hall–Kier alpha value is -3.80. The number of esters is 1. The van der Waals surface area contributed by atoms with E-state index in [4.69, 9.17) is 14.2 Å². The van der Waals surface area contributed by atoms with Gasteiger partial charge in [0.15, 0.2) is 6.29 Å². The molecule has 2 aliphatic heterocycles. The molecule has 0 unspecified atom stereocenters. The lowest BCUT2D eigenvalue weighted by molar-refractivity contribution is -0.276. The van der Waals surface area contributed by atoms with Crippen molar-refractivity contribution in [2.45, 2.75) is 58.0 Å². The van der Waals surface area contributed by atoms with Crippen LogP contribution in [-0.4, -0.2) is 72.1 Å². The number of nitrogens with one attached hydrogen (secondary N) is 2. The van der Waals surface area contributed by atoms with E-state index >= 15 is 0 Å². The van der Waals surface area contributed by atoms with Crippen LogP contribution in [0.25, 0.3) is 11.1 Å². The van der Waals surface area contributed by atoms with Crippen molar-refractivity contribution in [3.8, 4) is 11.1 Å². The average Bonchev–Trinajstić information content (AvgIpc) is 3.48. The van der Waals surface area contributed by atoms with Crippen molar-refractivity contribution in [1.29, 1.82) is 0 Å². The van der Waals surface area contributed by atoms with E-state index in [0.717, 1.165) is 46.3 Å². The number of carbonyl (C=O) groups is 2. The second-order valence-electron chi connectivity index (χ2n) is 11.7. The van der Waals surface area contributed by atoms with Crippen molar-refractivity contribution in [3.05, 3.63) is 95.1 Å². The molecule has 2 fully saturated rings. The maximum absolute atomic E-state index is 12.2. The molecule has 2 aliphatic rings. The van der Waals surface area contributed by atoms with Gasteiger partial charge in [0.05, 0.1) is 31.5 Å². The summed E-state index contributed by atoms with van der Waals surface area (Å²) in [5, 5.41) is 24.9. The van der Waals surface area contributed by atoms with Crippen LogP contribution in [0.1, 0.15) is 54.9 Å². The molecule has 10 heteroatoms. The van der Waals surface area contributed by atoms with E-state index in [-0.39, 0.29) is 44.0 Å². The summed E-state index contributed by atoms with van der Waals surface area (Å²) < 4.78 is 18.1. The van der Waals surface area contributed by atoms with E-state index < -0.39 is 18.3 Å². The summed E-state index contributed by atoms with van der Waals surface area (Å²) in [5.74, 6) is -0.428. The number of urea groups is 1. The summed E-state index contributed by atoms with van der Waals surface area (Å²) in [6.07, 6.45) is -0.484. The quantitative estimate of drug-likeness (QED) is 0.237. The van der Waals surface area contributed by atoms with Gasteiger partial charge >= 0.3 is 12.0 Å². The largest absolute Gasteiger partial charge is 0.465 e. The van der Waals surface area contributed by atoms with Gasteiger partial charge in [-0.15, -0.1) is 0 Å². The second-order valence-corrected chi connectivity index (χ2v) is 11.7. The predicted octanol–water partition coefficient (Wildman–Crippen LogP) is 4.07. The molecule has 5 rings (SSSR count). The highest BCUT2D eigenvalue weighted by molar-refractivity contribution is 5.80. The number of ether oxygens (including phenoxy) is 3. The number of benzene rings is 3. The van der Waals surface area contributed by atoms with E-state index in [1.54, 1.807) is 6.92 Å². The smallest absolute Gasteiger partial charge is 0.325 e. The lowest BCUT2D eigenvalue weighted by atomic mass is 9.90. The van der Waals surface area contributed by atoms with Crippen molar-refractivity contribution in [2.75, 3.05) is 32.8 Å². The minimum absolute atomic E-state index is 0.0141. The first-order valence-electron chi connectivity index (χ1n) is 15.6. The van der Waals surface area contributed by atoms with Gasteiger partial charge in [0.25, 0.3) is 0 Å². The van der Waals surface area contributed by atoms with Crippen LogP contribution in [0.2, 0.25) is 0 Å². The van der Waals surface area contributed by atoms with Crippen molar-refractivity contribution in [1.82, 2.24) is 15.5 Å². The molecule has 2 saturated heterocycles. The van der Waals surface area contributed by atoms with Crippen LogP contribution in [0.3, 0.4) is 0 Å². The number of likely N-dealkylation sites (tertiary alicyclic amines) is 1. The van der Waals surface area contributed by atoms with Gasteiger partial charge in [0.2, 0.25) is 0 Å². The Morgan fingerprint density at radius 1 is 0.956 bits per heavy atom. The Kier molecular flexibility index (Phi) is 11.2. The van der Waals surface area contributed by atoms with Crippen LogP contribution in [-0.2, 0) is 32.2 Å². The third kappa shape index (κ3) is 8.68. The van der Waals surface area contributed by atoms with Crippen LogP contribution in [0.5, 0.6) is 0 Å². The molecule has 2 amide bonds. The fraction of sp³-hybridized carbons (Fsp3) is 0.429. The van der Waals surface area contributed by atoms with Gasteiger partial charge in [0, 0.05) is 37.7 Å². The summed E-state index contributed by atoms with van der Waals surface area (Å²) in [5.41, 5.74) is 5.63. The van der Waals surface area contributed by atoms with Gasteiger partial charge < -0.3 is 35.1 Å². The van der Waals surface area contributed by atoms with Crippen LogP contribution in [0.4, 0.5) is 4.79 Å². The molecule has 0 aromatic heterocycles.